The number of rotatable bonds is 6. The number of carbonyl (C=O) groups excluding carboxylic acids is 2. The van der Waals surface area contributed by atoms with E-state index in [-0.39, 0.29) is 19.8 Å². The summed E-state index contributed by atoms with van der Waals surface area (Å²) in [4.78, 5) is 20.7. The predicted molar refractivity (Wildman–Crippen MR) is 64.2 cm³/mol. The first-order valence-corrected chi connectivity index (χ1v) is 4.83. The van der Waals surface area contributed by atoms with Crippen LogP contribution in [0.5, 0.6) is 0 Å². The summed E-state index contributed by atoms with van der Waals surface area (Å²) < 4.78 is 8.93. The second-order valence-electron chi connectivity index (χ2n) is 2.76. The Morgan fingerprint density at radius 2 is 1.88 bits per heavy atom. The van der Waals surface area contributed by atoms with E-state index in [4.69, 9.17) is 5.11 Å². The van der Waals surface area contributed by atoms with Crippen molar-refractivity contribution >= 4 is 11.9 Å². The third-order valence-electron chi connectivity index (χ3n) is 1.18. The Kier molecular flexibility index (Phi) is 12.6. The topological polar surface area (TPSA) is 72.8 Å². The highest BCUT2D eigenvalue weighted by atomic mass is 16.5. The van der Waals surface area contributed by atoms with Gasteiger partial charge in [-0.05, 0) is 6.92 Å². The first-order chi connectivity index (χ1) is 7.99. The molecule has 0 fully saturated rings. The van der Waals surface area contributed by atoms with Crippen molar-refractivity contribution in [1.82, 2.24) is 0 Å². The molecule has 0 saturated carbocycles. The van der Waals surface area contributed by atoms with E-state index < -0.39 is 11.9 Å². The zero-order chi connectivity index (χ0) is 13.7. The Labute approximate surface area is 101 Å². The van der Waals surface area contributed by atoms with Crippen LogP contribution in [0.3, 0.4) is 0 Å². The molecule has 5 heteroatoms. The average molecular weight is 242 g/mol. The molecule has 0 rings (SSSR count). The van der Waals surface area contributed by atoms with Crippen LogP contribution in [0.25, 0.3) is 0 Å². The average Bonchev–Trinajstić information content (AvgIpc) is 2.33. The Bertz CT molecular complexity index is 281. The van der Waals surface area contributed by atoms with Crippen LogP contribution in [0, 0.1) is 0 Å². The molecule has 17 heavy (non-hydrogen) atoms. The lowest BCUT2D eigenvalue weighted by Crippen LogP contribution is -2.08. The van der Waals surface area contributed by atoms with Crippen molar-refractivity contribution in [3.8, 4) is 0 Å². The number of aliphatic hydroxyl groups excluding tert-OH is 1. The molecular formula is C12H18O5. The first-order valence-electron chi connectivity index (χ1n) is 4.83. The van der Waals surface area contributed by atoms with Crippen LogP contribution in [-0.2, 0) is 19.1 Å². The van der Waals surface area contributed by atoms with Gasteiger partial charge in [-0.1, -0.05) is 25.8 Å². The fourth-order valence-corrected chi connectivity index (χ4v) is 0.462. The summed E-state index contributed by atoms with van der Waals surface area (Å²) in [6.45, 7) is 11.6. The van der Waals surface area contributed by atoms with Gasteiger partial charge in [0.15, 0.2) is 0 Å². The molecule has 0 bridgehead atoms. The van der Waals surface area contributed by atoms with Crippen LogP contribution in [-0.4, -0.2) is 36.9 Å². The van der Waals surface area contributed by atoms with E-state index >= 15 is 0 Å². The fraction of sp³-hybridized carbons (Fsp3) is 0.333. The molecule has 0 aliphatic rings. The van der Waals surface area contributed by atoms with Crippen molar-refractivity contribution in [1.29, 1.82) is 0 Å². The summed E-state index contributed by atoms with van der Waals surface area (Å²) in [6, 6.07) is 0. The zero-order valence-electron chi connectivity index (χ0n) is 9.98. The summed E-state index contributed by atoms with van der Waals surface area (Å²) in [5, 5.41) is 8.19. The normalized spacial score (nSPS) is 8.12. The molecule has 0 aromatic heterocycles. The monoisotopic (exact) mass is 242 g/mol. The second kappa shape index (κ2) is 12.2. The van der Waals surface area contributed by atoms with Crippen molar-refractivity contribution < 1.29 is 24.2 Å². The number of aliphatic hydroxyl groups is 1. The third kappa shape index (κ3) is 14.1. The molecule has 0 saturated heterocycles. The number of hydrogen-bond donors (Lipinski definition) is 1. The van der Waals surface area contributed by atoms with Crippen molar-refractivity contribution in [2.75, 3.05) is 19.8 Å². The van der Waals surface area contributed by atoms with Gasteiger partial charge in [-0.3, -0.25) is 0 Å². The van der Waals surface area contributed by atoms with E-state index in [2.05, 4.69) is 29.2 Å². The maximum atomic E-state index is 10.5. The number of hydrogen-bond acceptors (Lipinski definition) is 5. The SMILES string of the molecule is C=C(C)C(=O)OCCO.C=CCOC(=O)C=C. The van der Waals surface area contributed by atoms with Gasteiger partial charge in [0.25, 0.3) is 0 Å². The number of esters is 2. The van der Waals surface area contributed by atoms with Crippen molar-refractivity contribution in [3.63, 3.8) is 0 Å². The highest BCUT2D eigenvalue weighted by Gasteiger charge is 1.99. The van der Waals surface area contributed by atoms with Crippen molar-refractivity contribution in [3.05, 3.63) is 37.5 Å². The van der Waals surface area contributed by atoms with E-state index in [9.17, 15) is 9.59 Å². The Morgan fingerprint density at radius 1 is 1.29 bits per heavy atom. The zero-order valence-corrected chi connectivity index (χ0v) is 9.98. The Morgan fingerprint density at radius 3 is 2.24 bits per heavy atom. The predicted octanol–water partition coefficient (Wildman–Crippen LogP) is 1.000. The van der Waals surface area contributed by atoms with E-state index in [0.717, 1.165) is 6.08 Å². The molecule has 0 amide bonds. The van der Waals surface area contributed by atoms with Crippen LogP contribution >= 0.6 is 0 Å². The Hall–Kier alpha value is -1.88. The number of carbonyl (C=O) groups is 2. The quantitative estimate of drug-likeness (QED) is 0.427. The summed E-state index contributed by atoms with van der Waals surface area (Å²) in [7, 11) is 0. The first kappa shape index (κ1) is 17.5. The summed E-state index contributed by atoms with van der Waals surface area (Å²) in [6.07, 6.45) is 2.62. The smallest absolute Gasteiger partial charge is 0.333 e. The van der Waals surface area contributed by atoms with E-state index in [1.165, 1.54) is 6.08 Å². The standard InChI is InChI=1S/C6H10O3.C6H8O2/c1-5(2)6(8)9-4-3-7;1-3-5-8-6(7)4-2/h7H,1,3-4H2,2H3;3-4H,1-2,5H2. The third-order valence-corrected chi connectivity index (χ3v) is 1.18. The van der Waals surface area contributed by atoms with Crippen LogP contribution in [0.4, 0.5) is 0 Å². The van der Waals surface area contributed by atoms with E-state index in [1.807, 2.05) is 0 Å². The highest BCUT2D eigenvalue weighted by Crippen LogP contribution is 1.89. The van der Waals surface area contributed by atoms with Crippen LogP contribution < -0.4 is 0 Å². The van der Waals surface area contributed by atoms with Gasteiger partial charge in [0.05, 0.1) is 6.61 Å². The minimum Gasteiger partial charge on any atom is -0.460 e. The van der Waals surface area contributed by atoms with E-state index in [0.29, 0.717) is 5.57 Å². The molecule has 0 radical (unpaired) electrons. The molecule has 1 N–H and O–H groups in total. The lowest BCUT2D eigenvalue weighted by atomic mass is 10.4. The fourth-order valence-electron chi connectivity index (χ4n) is 0.462. The lowest BCUT2D eigenvalue weighted by molar-refractivity contribution is -0.140. The van der Waals surface area contributed by atoms with E-state index in [1.54, 1.807) is 6.92 Å². The second-order valence-corrected chi connectivity index (χ2v) is 2.76. The molecule has 0 spiro atoms. The van der Waals surface area contributed by atoms with Crippen LogP contribution in [0.2, 0.25) is 0 Å². The minimum absolute atomic E-state index is 0.0473. The molecule has 0 atom stereocenters. The Balaban J connectivity index is 0. The maximum Gasteiger partial charge on any atom is 0.333 e. The lowest BCUT2D eigenvalue weighted by Gasteiger charge is -1.99. The molecule has 0 aliphatic carbocycles. The largest absolute Gasteiger partial charge is 0.460 e. The molecule has 0 heterocycles. The molecule has 0 unspecified atom stereocenters. The van der Waals surface area contributed by atoms with Crippen LogP contribution in [0.15, 0.2) is 37.5 Å². The maximum absolute atomic E-state index is 10.5. The summed E-state index contributed by atoms with van der Waals surface area (Å²) in [5.41, 5.74) is 0.350. The highest BCUT2D eigenvalue weighted by molar-refractivity contribution is 5.86. The summed E-state index contributed by atoms with van der Waals surface area (Å²) >= 11 is 0. The van der Waals surface area contributed by atoms with Gasteiger partial charge in [0, 0.05) is 11.6 Å². The molecule has 0 aromatic rings. The van der Waals surface area contributed by atoms with Gasteiger partial charge in [-0.15, -0.1) is 0 Å². The van der Waals surface area contributed by atoms with Crippen LogP contribution in [0.1, 0.15) is 6.92 Å². The van der Waals surface area contributed by atoms with Gasteiger partial charge in [0.2, 0.25) is 0 Å². The molecule has 0 aromatic carbocycles. The van der Waals surface area contributed by atoms with Gasteiger partial charge in [-0.2, -0.15) is 0 Å². The molecule has 96 valence electrons. The van der Waals surface area contributed by atoms with Crippen molar-refractivity contribution in [2.24, 2.45) is 0 Å². The van der Waals surface area contributed by atoms with Gasteiger partial charge in [-0.25, -0.2) is 9.59 Å². The number of ether oxygens (including phenoxy) is 2. The minimum atomic E-state index is -0.455. The van der Waals surface area contributed by atoms with Gasteiger partial charge >= 0.3 is 11.9 Å². The van der Waals surface area contributed by atoms with Crippen molar-refractivity contribution in [2.45, 2.75) is 6.92 Å². The van der Waals surface area contributed by atoms with Gasteiger partial charge < -0.3 is 14.6 Å². The molecule has 0 aliphatic heterocycles. The molecule has 5 nitrogen and oxygen atoms in total. The molecular weight excluding hydrogens is 224 g/mol. The summed E-state index contributed by atoms with van der Waals surface area (Å²) in [5.74, 6) is -0.867. The van der Waals surface area contributed by atoms with Gasteiger partial charge in [0.1, 0.15) is 13.2 Å².